The molecule has 0 amide bonds. The van der Waals surface area contributed by atoms with E-state index in [4.69, 9.17) is 9.52 Å². The molecule has 3 aromatic rings. The molecule has 0 unspecified atom stereocenters. The lowest BCUT2D eigenvalue weighted by atomic mass is 10.3. The monoisotopic (exact) mass is 201 g/mol. The topological polar surface area (TPSA) is 66.2 Å². The van der Waals surface area contributed by atoms with Crippen LogP contribution in [0.25, 0.3) is 22.1 Å². The van der Waals surface area contributed by atoms with Crippen LogP contribution in [0, 0.1) is 0 Å². The number of rotatable bonds is 1. The Hall–Kier alpha value is -2.23. The summed E-state index contributed by atoms with van der Waals surface area (Å²) in [6, 6.07) is 8.77. The zero-order valence-corrected chi connectivity index (χ0v) is 7.65. The number of carboxylic acids is 1. The molecule has 0 radical (unpaired) electrons. The summed E-state index contributed by atoms with van der Waals surface area (Å²) < 4.78 is 5.50. The Balaban J connectivity index is 2.44. The van der Waals surface area contributed by atoms with Crippen molar-refractivity contribution in [3.63, 3.8) is 0 Å². The Labute approximate surface area is 84.1 Å². The average Bonchev–Trinajstić information content (AvgIpc) is 2.75. The summed E-state index contributed by atoms with van der Waals surface area (Å²) in [5.41, 5.74) is 2.33. The third-order valence-corrected chi connectivity index (χ3v) is 2.40. The molecule has 0 aliphatic carbocycles. The van der Waals surface area contributed by atoms with E-state index in [1.807, 2.05) is 18.2 Å². The second-order valence-corrected chi connectivity index (χ2v) is 3.32. The van der Waals surface area contributed by atoms with E-state index in [-0.39, 0.29) is 5.69 Å². The number of carboxylic acid groups (broad SMARTS) is 1. The molecule has 74 valence electrons. The minimum absolute atomic E-state index is 0.159. The first-order valence-corrected chi connectivity index (χ1v) is 4.49. The number of aromatic amines is 1. The Kier molecular flexibility index (Phi) is 1.42. The van der Waals surface area contributed by atoms with E-state index in [1.54, 1.807) is 6.07 Å². The van der Waals surface area contributed by atoms with Crippen molar-refractivity contribution in [3.8, 4) is 0 Å². The molecule has 2 heterocycles. The highest BCUT2D eigenvalue weighted by Gasteiger charge is 2.10. The molecule has 0 spiro atoms. The van der Waals surface area contributed by atoms with Crippen LogP contribution in [0.4, 0.5) is 0 Å². The van der Waals surface area contributed by atoms with Gasteiger partial charge in [-0.2, -0.15) is 0 Å². The van der Waals surface area contributed by atoms with Crippen molar-refractivity contribution in [2.24, 2.45) is 0 Å². The predicted molar refractivity (Wildman–Crippen MR) is 55.0 cm³/mol. The van der Waals surface area contributed by atoms with Gasteiger partial charge in [-0.3, -0.25) is 0 Å². The summed E-state index contributed by atoms with van der Waals surface area (Å²) in [4.78, 5) is 13.6. The third-order valence-electron chi connectivity index (χ3n) is 2.40. The lowest BCUT2D eigenvalue weighted by Crippen LogP contribution is -1.98. The number of furan rings is 1. The maximum atomic E-state index is 10.8. The first-order chi connectivity index (χ1) is 7.25. The van der Waals surface area contributed by atoms with E-state index < -0.39 is 5.97 Å². The van der Waals surface area contributed by atoms with Crippen molar-refractivity contribution < 1.29 is 14.3 Å². The molecule has 4 heteroatoms. The SMILES string of the molecule is O=C(O)c1ccc2oc3cccc3c2[nH]1. The highest BCUT2D eigenvalue weighted by molar-refractivity contribution is 6.04. The van der Waals surface area contributed by atoms with Crippen LogP contribution in [0.5, 0.6) is 0 Å². The summed E-state index contributed by atoms with van der Waals surface area (Å²) in [5, 5.41) is 9.75. The zero-order valence-electron chi connectivity index (χ0n) is 7.65. The molecule has 0 saturated carbocycles. The molecule has 4 nitrogen and oxygen atoms in total. The largest absolute Gasteiger partial charge is 0.477 e. The standard InChI is InChI=1S/C11H7NO3/c13-11(14)7-4-5-9-10(12-7)6-2-1-3-8(6)15-9/h1-5,12H,(H,13,14). The molecule has 2 aromatic heterocycles. The van der Waals surface area contributed by atoms with Crippen LogP contribution in [0.2, 0.25) is 0 Å². The third kappa shape index (κ3) is 1.05. The van der Waals surface area contributed by atoms with E-state index in [2.05, 4.69) is 4.98 Å². The zero-order chi connectivity index (χ0) is 10.4. The molecule has 0 fully saturated rings. The summed E-state index contributed by atoms with van der Waals surface area (Å²) in [5.74, 6) is -0.974. The summed E-state index contributed by atoms with van der Waals surface area (Å²) in [6.07, 6.45) is 0. The Morgan fingerprint density at radius 3 is 2.87 bits per heavy atom. The van der Waals surface area contributed by atoms with E-state index in [0.717, 1.165) is 16.5 Å². The van der Waals surface area contributed by atoms with Gasteiger partial charge >= 0.3 is 5.97 Å². The van der Waals surface area contributed by atoms with Gasteiger partial charge in [0.15, 0.2) is 5.58 Å². The Morgan fingerprint density at radius 2 is 2.07 bits per heavy atom. The highest BCUT2D eigenvalue weighted by atomic mass is 16.4. The smallest absolute Gasteiger partial charge is 0.352 e. The number of aromatic nitrogens is 1. The van der Waals surface area contributed by atoms with Gasteiger partial charge in [-0.05, 0) is 24.3 Å². The number of fused-ring (bicyclic) bond motifs is 3. The van der Waals surface area contributed by atoms with Crippen LogP contribution in [0.3, 0.4) is 0 Å². The molecule has 0 aliphatic heterocycles. The second kappa shape index (κ2) is 2.63. The van der Waals surface area contributed by atoms with Gasteiger partial charge in [-0.1, -0.05) is 6.07 Å². The summed E-state index contributed by atoms with van der Waals surface area (Å²) >= 11 is 0. The van der Waals surface area contributed by atoms with Crippen molar-refractivity contribution >= 4 is 28.0 Å². The Morgan fingerprint density at radius 1 is 1.20 bits per heavy atom. The van der Waals surface area contributed by atoms with Crippen LogP contribution < -0.4 is 0 Å². The van der Waals surface area contributed by atoms with Crippen molar-refractivity contribution in [1.29, 1.82) is 0 Å². The molecule has 1 aromatic carbocycles. The number of nitrogens with one attached hydrogen (secondary N) is 1. The van der Waals surface area contributed by atoms with Gasteiger partial charge in [0, 0.05) is 5.39 Å². The molecule has 0 atom stereocenters. The molecule has 0 bridgehead atoms. The minimum atomic E-state index is -0.974. The lowest BCUT2D eigenvalue weighted by molar-refractivity contribution is 0.0691. The summed E-state index contributed by atoms with van der Waals surface area (Å²) in [7, 11) is 0. The van der Waals surface area contributed by atoms with Crippen LogP contribution in [-0.2, 0) is 0 Å². The van der Waals surface area contributed by atoms with E-state index >= 15 is 0 Å². The molecular formula is C11H7NO3. The maximum absolute atomic E-state index is 10.8. The van der Waals surface area contributed by atoms with Gasteiger partial charge < -0.3 is 14.5 Å². The lowest BCUT2D eigenvalue weighted by Gasteiger charge is -1.94. The summed E-state index contributed by atoms with van der Waals surface area (Å²) in [6.45, 7) is 0. The molecule has 15 heavy (non-hydrogen) atoms. The predicted octanol–water partition coefficient (Wildman–Crippen LogP) is 2.61. The van der Waals surface area contributed by atoms with Crippen molar-refractivity contribution in [1.82, 2.24) is 4.98 Å². The molecule has 0 aliphatic rings. The van der Waals surface area contributed by atoms with Crippen molar-refractivity contribution in [2.45, 2.75) is 0 Å². The van der Waals surface area contributed by atoms with E-state index in [9.17, 15) is 4.79 Å². The fourth-order valence-electron chi connectivity index (χ4n) is 1.71. The van der Waals surface area contributed by atoms with Crippen molar-refractivity contribution in [3.05, 3.63) is 36.0 Å². The van der Waals surface area contributed by atoms with Gasteiger partial charge in [0.1, 0.15) is 11.3 Å². The van der Waals surface area contributed by atoms with Gasteiger partial charge in [0.05, 0.1) is 5.52 Å². The first kappa shape index (κ1) is 8.11. The molecular weight excluding hydrogens is 194 g/mol. The van der Waals surface area contributed by atoms with Gasteiger partial charge in [-0.25, -0.2) is 4.79 Å². The van der Waals surface area contributed by atoms with Crippen LogP contribution in [-0.4, -0.2) is 16.1 Å². The molecule has 2 N–H and O–H groups in total. The van der Waals surface area contributed by atoms with Crippen LogP contribution in [0.1, 0.15) is 10.5 Å². The number of hydrogen-bond donors (Lipinski definition) is 2. The number of H-pyrrole nitrogens is 1. The number of carbonyl (C=O) groups is 1. The van der Waals surface area contributed by atoms with Gasteiger partial charge in [-0.15, -0.1) is 0 Å². The van der Waals surface area contributed by atoms with E-state index in [1.165, 1.54) is 6.07 Å². The van der Waals surface area contributed by atoms with Crippen LogP contribution >= 0.6 is 0 Å². The second-order valence-electron chi connectivity index (χ2n) is 3.32. The van der Waals surface area contributed by atoms with Gasteiger partial charge in [0.2, 0.25) is 0 Å². The number of hydrogen-bond acceptors (Lipinski definition) is 2. The highest BCUT2D eigenvalue weighted by Crippen LogP contribution is 2.27. The number of pyridine rings is 1. The molecule has 0 saturated heterocycles. The molecule has 3 rings (SSSR count). The Bertz CT molecular complexity index is 663. The normalized spacial score (nSPS) is 11.2. The number of aromatic carboxylic acids is 1. The average molecular weight is 201 g/mol. The van der Waals surface area contributed by atoms with E-state index in [0.29, 0.717) is 5.58 Å². The quantitative estimate of drug-likeness (QED) is 0.635. The van der Waals surface area contributed by atoms with Crippen molar-refractivity contribution in [2.75, 3.05) is 0 Å². The fraction of sp³-hybridized carbons (Fsp3) is 0. The van der Waals surface area contributed by atoms with Crippen LogP contribution in [0.15, 0.2) is 34.7 Å². The maximum Gasteiger partial charge on any atom is 0.352 e. The minimum Gasteiger partial charge on any atom is -0.477 e. The first-order valence-electron chi connectivity index (χ1n) is 4.49. The van der Waals surface area contributed by atoms with Gasteiger partial charge in [0.25, 0.3) is 0 Å². The fourth-order valence-corrected chi connectivity index (χ4v) is 1.71.